The molecule has 0 amide bonds. The van der Waals surface area contributed by atoms with Crippen LogP contribution in [-0.2, 0) is 0 Å². The van der Waals surface area contributed by atoms with Gasteiger partial charge in [-0.3, -0.25) is 9.78 Å². The van der Waals surface area contributed by atoms with Crippen LogP contribution in [0.4, 0.5) is 17.5 Å². The van der Waals surface area contributed by atoms with Crippen LogP contribution in [0.15, 0.2) is 4.79 Å². The Morgan fingerprint density at radius 2 is 2.33 bits per heavy atom. The maximum atomic E-state index is 11.5. The molecule has 7 heteroatoms. The fourth-order valence-corrected chi connectivity index (χ4v) is 1.47. The van der Waals surface area contributed by atoms with Gasteiger partial charge < -0.3 is 16.4 Å². The van der Waals surface area contributed by atoms with Gasteiger partial charge in [-0.1, -0.05) is 6.92 Å². The van der Waals surface area contributed by atoms with E-state index in [1.165, 1.54) is 0 Å². The molecule has 84 valence electrons. The number of hydrogen-bond acceptors (Lipinski definition) is 5. The Hall–Kier alpha value is -1.43. The molecule has 15 heavy (non-hydrogen) atoms. The molecular formula is C8H14ClN5O. The van der Waals surface area contributed by atoms with Crippen LogP contribution in [0.5, 0.6) is 0 Å². The van der Waals surface area contributed by atoms with Crippen LogP contribution in [0.25, 0.3) is 0 Å². The average Bonchev–Trinajstić information content (AvgIpc) is 2.17. The van der Waals surface area contributed by atoms with Crippen LogP contribution in [0, 0.1) is 0 Å². The highest BCUT2D eigenvalue weighted by molar-refractivity contribution is 5.85. The number of nitrogens with zero attached hydrogens (tertiary/aromatic N) is 1. The molecule has 5 N–H and O–H groups in total. The first-order chi connectivity index (χ1) is 6.70. The zero-order valence-electron chi connectivity index (χ0n) is 8.33. The van der Waals surface area contributed by atoms with Crippen LogP contribution >= 0.6 is 12.4 Å². The molecule has 0 fully saturated rings. The highest BCUT2D eigenvalue weighted by Gasteiger charge is 2.19. The number of hydrogen-bond donors (Lipinski definition) is 4. The van der Waals surface area contributed by atoms with E-state index in [9.17, 15) is 4.79 Å². The van der Waals surface area contributed by atoms with Crippen LogP contribution in [0.3, 0.4) is 0 Å². The van der Waals surface area contributed by atoms with Crippen molar-refractivity contribution in [2.45, 2.75) is 19.4 Å². The van der Waals surface area contributed by atoms with Crippen molar-refractivity contribution in [3.63, 3.8) is 0 Å². The number of aromatic nitrogens is 2. The smallest absolute Gasteiger partial charge is 0.277 e. The predicted molar refractivity (Wildman–Crippen MR) is 62.7 cm³/mol. The first-order valence-electron chi connectivity index (χ1n) is 4.61. The normalized spacial score (nSPS) is 18.1. The molecule has 0 saturated heterocycles. The maximum Gasteiger partial charge on any atom is 0.277 e. The molecule has 1 aliphatic heterocycles. The van der Waals surface area contributed by atoms with Gasteiger partial charge in [-0.05, 0) is 6.42 Å². The second-order valence-electron chi connectivity index (χ2n) is 3.31. The summed E-state index contributed by atoms with van der Waals surface area (Å²) >= 11 is 0. The number of nitrogens with two attached hydrogens (primary N) is 1. The molecule has 0 aromatic carbocycles. The van der Waals surface area contributed by atoms with Gasteiger partial charge in [0.05, 0.1) is 0 Å². The minimum absolute atomic E-state index is 0. The zero-order valence-corrected chi connectivity index (χ0v) is 9.15. The van der Waals surface area contributed by atoms with E-state index in [2.05, 4.69) is 27.5 Å². The van der Waals surface area contributed by atoms with Gasteiger partial charge in [0.25, 0.3) is 5.56 Å². The fourth-order valence-electron chi connectivity index (χ4n) is 1.47. The lowest BCUT2D eigenvalue weighted by Crippen LogP contribution is -2.36. The monoisotopic (exact) mass is 231 g/mol. The van der Waals surface area contributed by atoms with Gasteiger partial charge in [-0.2, -0.15) is 4.98 Å². The van der Waals surface area contributed by atoms with Crippen LogP contribution in [0.2, 0.25) is 0 Å². The number of halogens is 1. The summed E-state index contributed by atoms with van der Waals surface area (Å²) in [6.45, 7) is 2.82. The van der Waals surface area contributed by atoms with Crippen molar-refractivity contribution in [1.82, 2.24) is 9.97 Å². The summed E-state index contributed by atoms with van der Waals surface area (Å²) in [6.07, 6.45) is 0.955. The Labute approximate surface area is 93.1 Å². The van der Waals surface area contributed by atoms with E-state index in [4.69, 9.17) is 5.73 Å². The second kappa shape index (κ2) is 4.39. The first-order valence-corrected chi connectivity index (χ1v) is 4.61. The lowest BCUT2D eigenvalue weighted by molar-refractivity contribution is 0.706. The van der Waals surface area contributed by atoms with Gasteiger partial charge in [0.2, 0.25) is 5.95 Å². The number of rotatable bonds is 1. The van der Waals surface area contributed by atoms with Gasteiger partial charge >= 0.3 is 0 Å². The summed E-state index contributed by atoms with van der Waals surface area (Å²) in [4.78, 5) is 17.9. The molecule has 1 unspecified atom stereocenters. The van der Waals surface area contributed by atoms with E-state index in [1.807, 2.05) is 0 Å². The number of fused-ring (bicyclic) bond motifs is 1. The fraction of sp³-hybridized carbons (Fsp3) is 0.500. The molecule has 1 aromatic rings. The Kier molecular flexibility index (Phi) is 3.41. The number of aromatic amines is 1. The zero-order chi connectivity index (χ0) is 10.1. The van der Waals surface area contributed by atoms with E-state index in [-0.39, 0.29) is 30.0 Å². The standard InChI is InChI=1S/C8H13N5O.ClH/c1-2-4-3-10-6-5(11-4)7(14)13-8(9)12-6;/h4,11H,2-3H2,1H3,(H4,9,10,12,13,14);1H. The Bertz CT molecular complexity index is 405. The van der Waals surface area contributed by atoms with Crippen molar-refractivity contribution in [3.05, 3.63) is 10.4 Å². The van der Waals surface area contributed by atoms with Crippen molar-refractivity contribution in [2.75, 3.05) is 22.9 Å². The summed E-state index contributed by atoms with van der Waals surface area (Å²) < 4.78 is 0. The maximum absolute atomic E-state index is 11.5. The number of H-pyrrole nitrogens is 1. The lowest BCUT2D eigenvalue weighted by atomic mass is 10.2. The molecule has 1 aliphatic rings. The average molecular weight is 232 g/mol. The molecule has 2 heterocycles. The summed E-state index contributed by atoms with van der Waals surface area (Å²) in [5.74, 6) is 0.675. The van der Waals surface area contributed by atoms with Crippen molar-refractivity contribution < 1.29 is 0 Å². The van der Waals surface area contributed by atoms with E-state index in [0.29, 0.717) is 11.5 Å². The number of nitrogen functional groups attached to an aromatic ring is 1. The molecule has 0 bridgehead atoms. The van der Waals surface area contributed by atoms with E-state index in [1.54, 1.807) is 0 Å². The quantitative estimate of drug-likeness (QED) is 0.561. The molecule has 6 nitrogen and oxygen atoms in total. The van der Waals surface area contributed by atoms with Crippen molar-refractivity contribution in [1.29, 1.82) is 0 Å². The summed E-state index contributed by atoms with van der Waals surface area (Å²) in [7, 11) is 0. The van der Waals surface area contributed by atoms with Crippen LogP contribution in [0.1, 0.15) is 13.3 Å². The van der Waals surface area contributed by atoms with Crippen molar-refractivity contribution in [3.8, 4) is 0 Å². The Balaban J connectivity index is 0.00000112. The molecule has 0 radical (unpaired) electrons. The van der Waals surface area contributed by atoms with Gasteiger partial charge in [-0.15, -0.1) is 12.4 Å². The Morgan fingerprint density at radius 1 is 1.60 bits per heavy atom. The molecule has 0 spiro atoms. The topological polar surface area (TPSA) is 95.8 Å². The summed E-state index contributed by atoms with van der Waals surface area (Å²) in [5, 5.41) is 6.19. The lowest BCUT2D eigenvalue weighted by Gasteiger charge is -2.25. The second-order valence-corrected chi connectivity index (χ2v) is 3.31. The molecule has 2 rings (SSSR count). The van der Waals surface area contributed by atoms with Crippen LogP contribution in [-0.4, -0.2) is 22.6 Å². The van der Waals surface area contributed by atoms with E-state index in [0.717, 1.165) is 13.0 Å². The number of anilines is 3. The highest BCUT2D eigenvalue weighted by Crippen LogP contribution is 2.20. The molecule has 0 saturated carbocycles. The minimum Gasteiger partial charge on any atom is -0.373 e. The third-order valence-electron chi connectivity index (χ3n) is 2.29. The SMILES string of the molecule is CCC1CNc2nc(N)[nH]c(=O)c2N1.Cl. The van der Waals surface area contributed by atoms with Crippen LogP contribution < -0.4 is 21.9 Å². The minimum atomic E-state index is -0.224. The first kappa shape index (κ1) is 11.6. The molecule has 0 aliphatic carbocycles. The third-order valence-corrected chi connectivity index (χ3v) is 2.29. The van der Waals surface area contributed by atoms with Crippen molar-refractivity contribution in [2.24, 2.45) is 0 Å². The number of nitrogens with one attached hydrogen (secondary N) is 3. The molecule has 1 atom stereocenters. The predicted octanol–water partition coefficient (Wildman–Crippen LogP) is 0.390. The summed E-state index contributed by atoms with van der Waals surface area (Å²) in [5.41, 5.74) is 5.68. The van der Waals surface area contributed by atoms with E-state index < -0.39 is 0 Å². The van der Waals surface area contributed by atoms with Gasteiger partial charge in [-0.25, -0.2) is 0 Å². The van der Waals surface area contributed by atoms with Crippen molar-refractivity contribution >= 4 is 29.9 Å². The van der Waals surface area contributed by atoms with Gasteiger partial charge in [0.1, 0.15) is 5.69 Å². The Morgan fingerprint density at radius 3 is 3.00 bits per heavy atom. The third kappa shape index (κ3) is 2.15. The van der Waals surface area contributed by atoms with Gasteiger partial charge in [0.15, 0.2) is 5.82 Å². The molecule has 1 aromatic heterocycles. The van der Waals surface area contributed by atoms with E-state index >= 15 is 0 Å². The molecular weight excluding hydrogens is 218 g/mol. The summed E-state index contributed by atoms with van der Waals surface area (Å²) in [6, 6.07) is 0.272. The van der Waals surface area contributed by atoms with Gasteiger partial charge in [0, 0.05) is 12.6 Å². The largest absolute Gasteiger partial charge is 0.373 e. The highest BCUT2D eigenvalue weighted by atomic mass is 35.5.